The third-order valence-corrected chi connectivity index (χ3v) is 3.19. The van der Waals surface area contributed by atoms with Crippen LogP contribution in [0.25, 0.3) is 0 Å². The van der Waals surface area contributed by atoms with Gasteiger partial charge in [-0.25, -0.2) is 0 Å². The maximum absolute atomic E-state index is 5.37. The fraction of sp³-hybridized carbons (Fsp3) is 0.333. The van der Waals surface area contributed by atoms with Gasteiger partial charge in [0.2, 0.25) is 0 Å². The largest absolute Gasteiger partial charge is 0.176 e. The van der Waals surface area contributed by atoms with Crippen LogP contribution in [0.5, 0.6) is 0 Å². The van der Waals surface area contributed by atoms with Crippen molar-refractivity contribution in [2.75, 3.05) is 0 Å². The fourth-order valence-corrected chi connectivity index (χ4v) is 1.39. The Morgan fingerprint density at radius 2 is 1.30 bits per heavy atom. The van der Waals surface area contributed by atoms with Crippen LogP contribution in [0.3, 0.4) is 0 Å². The molecule has 10 heavy (non-hydrogen) atoms. The first-order valence-electron chi connectivity index (χ1n) is 3.17. The molecule has 0 radical (unpaired) electrons. The molecular formula is C6H14Cl2Si2. The van der Waals surface area contributed by atoms with Crippen molar-refractivity contribution in [2.45, 2.75) is 12.1 Å². The number of hydrogen-bond acceptors (Lipinski definition) is 0. The lowest BCUT2D eigenvalue weighted by atomic mass is 10.8. The summed E-state index contributed by atoms with van der Waals surface area (Å²) in [7, 11) is -0.464. The van der Waals surface area contributed by atoms with Gasteiger partial charge in [-0.2, -0.15) is 22.2 Å². The van der Waals surface area contributed by atoms with Crippen molar-refractivity contribution < 1.29 is 0 Å². The first-order chi connectivity index (χ1) is 4.83. The van der Waals surface area contributed by atoms with Gasteiger partial charge in [0.25, 0.3) is 0 Å². The topological polar surface area (TPSA) is 0 Å². The molecule has 0 saturated heterocycles. The van der Waals surface area contributed by atoms with Gasteiger partial charge in [0.1, 0.15) is 17.7 Å². The Hall–Kier alpha value is 0.494. The second-order valence-corrected chi connectivity index (χ2v) is 5.71. The summed E-state index contributed by atoms with van der Waals surface area (Å²) >= 11 is 10.7. The van der Waals surface area contributed by atoms with E-state index in [4.69, 9.17) is 22.2 Å². The van der Waals surface area contributed by atoms with Gasteiger partial charge in [0.05, 0.1) is 0 Å². The van der Waals surface area contributed by atoms with E-state index in [9.17, 15) is 0 Å². The predicted molar refractivity (Wildman–Crippen MR) is 58.8 cm³/mol. The zero-order valence-corrected chi connectivity index (χ0v) is 10.5. The fourth-order valence-electron chi connectivity index (χ4n) is 0.154. The molecule has 0 rings (SSSR count). The summed E-state index contributed by atoms with van der Waals surface area (Å²) in [4.78, 5) is 0. The maximum atomic E-state index is 5.37. The van der Waals surface area contributed by atoms with E-state index in [-0.39, 0.29) is 17.7 Å². The normalized spacial score (nSPS) is 9.80. The van der Waals surface area contributed by atoms with E-state index in [1.54, 1.807) is 0 Å². The number of allylic oxidation sites excluding steroid dienone is 2. The predicted octanol–water partition coefficient (Wildman–Crippen LogP) is 1.83. The summed E-state index contributed by atoms with van der Waals surface area (Å²) in [5.41, 5.74) is 0. The van der Waals surface area contributed by atoms with Gasteiger partial charge in [0.15, 0.2) is 0 Å². The van der Waals surface area contributed by atoms with Crippen molar-refractivity contribution in [1.82, 2.24) is 0 Å². The summed E-state index contributed by atoms with van der Waals surface area (Å²) in [6.07, 6.45) is 3.72. The van der Waals surface area contributed by atoms with Crippen molar-refractivity contribution in [3.05, 3.63) is 25.3 Å². The Morgan fingerprint density at radius 1 is 1.00 bits per heavy atom. The van der Waals surface area contributed by atoms with Gasteiger partial charge in [-0.1, -0.05) is 12.2 Å². The minimum Gasteiger partial charge on any atom is -0.176 e. The van der Waals surface area contributed by atoms with Crippen LogP contribution in [0.4, 0.5) is 0 Å². The molecule has 0 aliphatic heterocycles. The van der Waals surface area contributed by atoms with Crippen LogP contribution in [0.1, 0.15) is 0 Å². The van der Waals surface area contributed by atoms with E-state index < -0.39 is 0 Å². The smallest absolute Gasteiger partial charge is 0.129 e. The lowest BCUT2D eigenvalue weighted by Gasteiger charge is -1.68. The molecule has 0 heterocycles. The molecule has 0 aromatic heterocycles. The quantitative estimate of drug-likeness (QED) is 0.379. The summed E-state index contributed by atoms with van der Waals surface area (Å²) in [5.74, 6) is 0. The Balaban J connectivity index is 0. The molecule has 0 fully saturated rings. The summed E-state index contributed by atoms with van der Waals surface area (Å²) in [6, 6.07) is 2.11. The summed E-state index contributed by atoms with van der Waals surface area (Å²) in [5, 5.41) is 0. The standard InChI is InChI=1S/2C3H7ClSi/c2*1-2-3-5-4/h2*2H,1,3,5H2. The molecule has 0 aromatic carbocycles. The minimum atomic E-state index is -0.232. The lowest BCUT2D eigenvalue weighted by molar-refractivity contribution is 1.75. The number of halogens is 2. The molecule has 0 aliphatic rings. The van der Waals surface area contributed by atoms with Crippen LogP contribution in [-0.2, 0) is 0 Å². The van der Waals surface area contributed by atoms with Crippen molar-refractivity contribution in [3.8, 4) is 0 Å². The van der Waals surface area contributed by atoms with Gasteiger partial charge >= 0.3 is 0 Å². The molecule has 0 amide bonds. The first-order valence-corrected chi connectivity index (χ1v) is 9.44. The second kappa shape index (κ2) is 16.2. The maximum Gasteiger partial charge on any atom is 0.129 e. The molecule has 0 unspecified atom stereocenters. The van der Waals surface area contributed by atoms with Crippen molar-refractivity contribution >= 4 is 39.8 Å². The van der Waals surface area contributed by atoms with Gasteiger partial charge in [-0.05, 0) is 12.1 Å². The Kier molecular flexibility index (Phi) is 21.3. The van der Waals surface area contributed by atoms with Crippen LogP contribution in [-0.4, -0.2) is 17.7 Å². The lowest BCUT2D eigenvalue weighted by Crippen LogP contribution is -1.64. The Bertz CT molecular complexity index is 66.1. The molecule has 0 spiro atoms. The second-order valence-electron chi connectivity index (χ2n) is 1.53. The van der Waals surface area contributed by atoms with Crippen LogP contribution in [0, 0.1) is 0 Å². The SMILES string of the molecule is C=CC[SiH2]Cl.C=CC[SiH2]Cl. The number of rotatable bonds is 4. The minimum absolute atomic E-state index is 0.232. The van der Waals surface area contributed by atoms with E-state index >= 15 is 0 Å². The van der Waals surface area contributed by atoms with E-state index in [0.29, 0.717) is 0 Å². The van der Waals surface area contributed by atoms with Gasteiger partial charge in [-0.3, -0.25) is 0 Å². The first kappa shape index (κ1) is 13.1. The van der Waals surface area contributed by atoms with Crippen LogP contribution >= 0.6 is 22.2 Å². The molecule has 0 aromatic rings. The highest BCUT2D eigenvalue weighted by Crippen LogP contribution is 1.79. The summed E-state index contributed by atoms with van der Waals surface area (Å²) < 4.78 is 0. The zero-order chi connectivity index (χ0) is 8.24. The molecule has 0 nitrogen and oxygen atoms in total. The highest BCUT2D eigenvalue weighted by Gasteiger charge is 1.67. The molecule has 60 valence electrons. The Morgan fingerprint density at radius 3 is 1.30 bits per heavy atom. The zero-order valence-electron chi connectivity index (χ0n) is 6.15. The van der Waals surface area contributed by atoms with E-state index in [1.807, 2.05) is 12.2 Å². The molecule has 0 aliphatic carbocycles. The van der Waals surface area contributed by atoms with Crippen molar-refractivity contribution in [1.29, 1.82) is 0 Å². The average molecular weight is 213 g/mol. The molecule has 0 bridgehead atoms. The van der Waals surface area contributed by atoms with Gasteiger partial charge < -0.3 is 0 Å². The average Bonchev–Trinajstić information content (AvgIpc) is 1.93. The third-order valence-electron chi connectivity index (χ3n) is 0.626. The molecule has 4 heteroatoms. The van der Waals surface area contributed by atoms with Crippen molar-refractivity contribution in [3.63, 3.8) is 0 Å². The molecule has 0 saturated carbocycles. The van der Waals surface area contributed by atoms with Crippen LogP contribution in [0.2, 0.25) is 12.1 Å². The third kappa shape index (κ3) is 23.6. The summed E-state index contributed by atoms with van der Waals surface area (Å²) in [6.45, 7) is 7.00. The van der Waals surface area contributed by atoms with Crippen LogP contribution < -0.4 is 0 Å². The van der Waals surface area contributed by atoms with Crippen molar-refractivity contribution in [2.24, 2.45) is 0 Å². The Labute approximate surface area is 77.4 Å². The molecular weight excluding hydrogens is 199 g/mol. The van der Waals surface area contributed by atoms with E-state index in [2.05, 4.69) is 13.2 Å². The van der Waals surface area contributed by atoms with Gasteiger partial charge in [-0.15, -0.1) is 13.2 Å². The molecule has 0 N–H and O–H groups in total. The number of hydrogen-bond donors (Lipinski definition) is 0. The van der Waals surface area contributed by atoms with Crippen LogP contribution in [0.15, 0.2) is 25.3 Å². The van der Waals surface area contributed by atoms with E-state index in [0.717, 1.165) is 12.1 Å². The molecule has 0 atom stereocenters. The van der Waals surface area contributed by atoms with E-state index in [1.165, 1.54) is 0 Å². The highest BCUT2D eigenvalue weighted by molar-refractivity contribution is 6.94. The van der Waals surface area contributed by atoms with Gasteiger partial charge in [0, 0.05) is 0 Å². The highest BCUT2D eigenvalue weighted by atomic mass is 35.6. The monoisotopic (exact) mass is 212 g/mol.